The lowest BCUT2D eigenvalue weighted by Gasteiger charge is -2.42. The second-order valence-corrected chi connectivity index (χ2v) is 5.72. The standard InChI is InChI=1S/C15H20FN4/c1-3-20(2)8-6-19(7-9-20)15-11-14-13(10-12(15)16)17-4-5-18-14/h4-5,10-11H,3,6-9H2,1-2H3/q+1. The number of aromatic nitrogens is 2. The molecule has 3 rings (SSSR count). The van der Waals surface area contributed by atoms with Crippen LogP contribution in [0.5, 0.6) is 0 Å². The second-order valence-electron chi connectivity index (χ2n) is 5.72. The van der Waals surface area contributed by atoms with Crippen molar-refractivity contribution in [2.75, 3.05) is 44.7 Å². The minimum Gasteiger partial charge on any atom is -0.358 e. The molecule has 1 aromatic carbocycles. The molecule has 0 bridgehead atoms. The number of nitrogens with zero attached hydrogens (tertiary/aromatic N) is 4. The van der Waals surface area contributed by atoms with E-state index in [4.69, 9.17) is 0 Å². The average Bonchev–Trinajstić information content (AvgIpc) is 2.48. The molecule has 0 atom stereocenters. The zero-order valence-electron chi connectivity index (χ0n) is 12.0. The average molecular weight is 275 g/mol. The number of quaternary nitrogens is 1. The number of hydrogen-bond donors (Lipinski definition) is 0. The molecule has 0 spiro atoms. The van der Waals surface area contributed by atoms with Gasteiger partial charge in [0.1, 0.15) is 5.82 Å². The Kier molecular flexibility index (Phi) is 3.30. The van der Waals surface area contributed by atoms with Gasteiger partial charge in [0.2, 0.25) is 0 Å². The van der Waals surface area contributed by atoms with E-state index in [1.165, 1.54) is 6.07 Å². The molecule has 1 aromatic heterocycles. The first kappa shape index (κ1) is 13.2. The van der Waals surface area contributed by atoms with E-state index >= 15 is 0 Å². The van der Waals surface area contributed by atoms with Crippen molar-refractivity contribution in [1.29, 1.82) is 0 Å². The highest BCUT2D eigenvalue weighted by atomic mass is 19.1. The van der Waals surface area contributed by atoms with Crippen molar-refractivity contribution in [2.45, 2.75) is 6.92 Å². The van der Waals surface area contributed by atoms with E-state index < -0.39 is 0 Å². The Bertz CT molecular complexity index is 620. The van der Waals surface area contributed by atoms with Gasteiger partial charge in [-0.15, -0.1) is 0 Å². The van der Waals surface area contributed by atoms with E-state index in [0.29, 0.717) is 11.2 Å². The van der Waals surface area contributed by atoms with Crippen LogP contribution in [-0.2, 0) is 0 Å². The summed E-state index contributed by atoms with van der Waals surface area (Å²) in [6.07, 6.45) is 3.23. The van der Waals surface area contributed by atoms with Gasteiger partial charge < -0.3 is 9.38 Å². The molecular formula is C15H20FN4+. The van der Waals surface area contributed by atoms with Gasteiger partial charge in [-0.2, -0.15) is 0 Å². The number of benzene rings is 1. The van der Waals surface area contributed by atoms with Gasteiger partial charge in [-0.1, -0.05) is 0 Å². The van der Waals surface area contributed by atoms with E-state index in [0.717, 1.165) is 42.7 Å². The molecule has 0 unspecified atom stereocenters. The summed E-state index contributed by atoms with van der Waals surface area (Å²) < 4.78 is 15.3. The summed E-state index contributed by atoms with van der Waals surface area (Å²) >= 11 is 0. The van der Waals surface area contributed by atoms with Crippen LogP contribution >= 0.6 is 0 Å². The highest BCUT2D eigenvalue weighted by Gasteiger charge is 2.28. The van der Waals surface area contributed by atoms with Crippen LogP contribution in [0.25, 0.3) is 11.0 Å². The number of anilines is 1. The molecule has 5 heteroatoms. The Morgan fingerprint density at radius 2 is 1.75 bits per heavy atom. The third kappa shape index (κ3) is 2.33. The third-order valence-corrected chi connectivity index (χ3v) is 4.46. The molecule has 106 valence electrons. The maximum absolute atomic E-state index is 14.3. The number of hydrogen-bond acceptors (Lipinski definition) is 3. The van der Waals surface area contributed by atoms with Crippen LogP contribution in [-0.4, -0.2) is 54.2 Å². The Morgan fingerprint density at radius 3 is 2.35 bits per heavy atom. The normalized spacial score (nSPS) is 18.4. The lowest BCUT2D eigenvalue weighted by atomic mass is 10.2. The van der Waals surface area contributed by atoms with Gasteiger partial charge in [0.15, 0.2) is 0 Å². The summed E-state index contributed by atoms with van der Waals surface area (Å²) in [4.78, 5) is 10.5. The topological polar surface area (TPSA) is 29.0 Å². The molecule has 0 aliphatic carbocycles. The zero-order chi connectivity index (χ0) is 14.2. The predicted molar refractivity (Wildman–Crippen MR) is 78.2 cm³/mol. The van der Waals surface area contributed by atoms with Gasteiger partial charge in [-0.3, -0.25) is 9.97 Å². The summed E-state index contributed by atoms with van der Waals surface area (Å²) in [5, 5.41) is 0. The number of likely N-dealkylation sites (N-methyl/N-ethyl adjacent to an activating group) is 1. The molecule has 1 aliphatic rings. The van der Waals surface area contributed by atoms with Crippen LogP contribution in [0.1, 0.15) is 6.92 Å². The van der Waals surface area contributed by atoms with E-state index in [1.54, 1.807) is 12.4 Å². The lowest BCUT2D eigenvalue weighted by molar-refractivity contribution is -0.908. The Labute approximate surface area is 118 Å². The Hall–Kier alpha value is -1.75. The predicted octanol–water partition coefficient (Wildman–Crippen LogP) is 2.06. The van der Waals surface area contributed by atoms with Crippen molar-refractivity contribution >= 4 is 16.7 Å². The summed E-state index contributed by atoms with van der Waals surface area (Å²) in [7, 11) is 2.26. The zero-order valence-corrected chi connectivity index (χ0v) is 12.0. The Balaban J connectivity index is 1.89. The lowest BCUT2D eigenvalue weighted by Crippen LogP contribution is -2.57. The van der Waals surface area contributed by atoms with Crippen LogP contribution in [0.2, 0.25) is 0 Å². The smallest absolute Gasteiger partial charge is 0.148 e. The quantitative estimate of drug-likeness (QED) is 0.786. The summed E-state index contributed by atoms with van der Waals surface area (Å²) in [6, 6.07) is 3.30. The number of fused-ring (bicyclic) bond motifs is 1. The fourth-order valence-electron chi connectivity index (χ4n) is 2.72. The SMILES string of the molecule is CC[N+]1(C)CCN(c2cc3nccnc3cc2F)CC1. The Morgan fingerprint density at radius 1 is 1.15 bits per heavy atom. The van der Waals surface area contributed by atoms with Crippen molar-refractivity contribution in [3.8, 4) is 0 Å². The highest BCUT2D eigenvalue weighted by Crippen LogP contribution is 2.25. The van der Waals surface area contributed by atoms with Gasteiger partial charge in [0, 0.05) is 18.5 Å². The second kappa shape index (κ2) is 4.98. The summed E-state index contributed by atoms with van der Waals surface area (Å²) in [5.41, 5.74) is 2.02. The van der Waals surface area contributed by atoms with E-state index in [1.807, 2.05) is 6.07 Å². The largest absolute Gasteiger partial charge is 0.358 e. The minimum atomic E-state index is -0.203. The van der Waals surface area contributed by atoms with Crippen molar-refractivity contribution in [3.63, 3.8) is 0 Å². The molecule has 0 N–H and O–H groups in total. The first-order chi connectivity index (χ1) is 9.61. The van der Waals surface area contributed by atoms with Crippen molar-refractivity contribution in [1.82, 2.24) is 9.97 Å². The molecule has 0 amide bonds. The summed E-state index contributed by atoms with van der Waals surface area (Å²) in [6.45, 7) is 7.20. The molecular weight excluding hydrogens is 255 g/mol. The van der Waals surface area contributed by atoms with Crippen LogP contribution in [0, 0.1) is 5.82 Å². The molecule has 4 nitrogen and oxygen atoms in total. The maximum atomic E-state index is 14.3. The summed E-state index contributed by atoms with van der Waals surface area (Å²) in [5.74, 6) is -0.203. The van der Waals surface area contributed by atoms with E-state index in [2.05, 4.69) is 28.8 Å². The van der Waals surface area contributed by atoms with Crippen LogP contribution in [0.15, 0.2) is 24.5 Å². The first-order valence-corrected chi connectivity index (χ1v) is 7.10. The molecule has 2 aromatic rings. The fourth-order valence-corrected chi connectivity index (χ4v) is 2.72. The van der Waals surface area contributed by atoms with Crippen molar-refractivity contribution in [3.05, 3.63) is 30.3 Å². The molecule has 1 fully saturated rings. The van der Waals surface area contributed by atoms with Crippen LogP contribution in [0.3, 0.4) is 0 Å². The van der Waals surface area contributed by atoms with Crippen LogP contribution < -0.4 is 4.90 Å². The molecule has 2 heterocycles. The fraction of sp³-hybridized carbons (Fsp3) is 0.467. The molecule has 0 radical (unpaired) electrons. The monoisotopic (exact) mass is 275 g/mol. The molecule has 20 heavy (non-hydrogen) atoms. The van der Waals surface area contributed by atoms with Crippen LogP contribution in [0.4, 0.5) is 10.1 Å². The molecule has 0 saturated carbocycles. The maximum Gasteiger partial charge on any atom is 0.148 e. The number of rotatable bonds is 2. The minimum absolute atomic E-state index is 0.203. The van der Waals surface area contributed by atoms with Gasteiger partial charge in [0.25, 0.3) is 0 Å². The van der Waals surface area contributed by atoms with E-state index in [9.17, 15) is 4.39 Å². The highest BCUT2D eigenvalue weighted by molar-refractivity contribution is 5.79. The van der Waals surface area contributed by atoms with Gasteiger partial charge in [-0.05, 0) is 13.0 Å². The molecule has 1 aliphatic heterocycles. The van der Waals surface area contributed by atoms with Crippen molar-refractivity contribution < 1.29 is 8.87 Å². The third-order valence-electron chi connectivity index (χ3n) is 4.46. The van der Waals surface area contributed by atoms with E-state index in [-0.39, 0.29) is 5.82 Å². The van der Waals surface area contributed by atoms with Gasteiger partial charge in [0.05, 0.1) is 56.5 Å². The first-order valence-electron chi connectivity index (χ1n) is 7.10. The number of piperazine rings is 1. The van der Waals surface area contributed by atoms with Gasteiger partial charge >= 0.3 is 0 Å². The molecule has 1 saturated heterocycles. The van der Waals surface area contributed by atoms with Crippen molar-refractivity contribution in [2.24, 2.45) is 0 Å². The van der Waals surface area contributed by atoms with Gasteiger partial charge in [-0.25, -0.2) is 4.39 Å². The number of halogens is 1.